The van der Waals surface area contributed by atoms with E-state index in [0.29, 0.717) is 60.1 Å². The van der Waals surface area contributed by atoms with Crippen molar-refractivity contribution in [3.05, 3.63) is 84.7 Å². The van der Waals surface area contributed by atoms with Crippen LogP contribution in [-0.2, 0) is 9.53 Å². The first-order valence-corrected chi connectivity index (χ1v) is 12.2. The quantitative estimate of drug-likeness (QED) is 0.302. The second-order valence-corrected chi connectivity index (χ2v) is 8.81. The summed E-state index contributed by atoms with van der Waals surface area (Å²) < 4.78 is 21.5. The van der Waals surface area contributed by atoms with Crippen molar-refractivity contribution >= 4 is 28.8 Å². The molecule has 0 N–H and O–H groups in total. The summed E-state index contributed by atoms with van der Waals surface area (Å²) in [5.41, 5.74) is 2.21. The fourth-order valence-electron chi connectivity index (χ4n) is 4.37. The summed E-state index contributed by atoms with van der Waals surface area (Å²) >= 11 is 0. The van der Waals surface area contributed by atoms with Gasteiger partial charge in [-0.3, -0.25) is 9.59 Å². The van der Waals surface area contributed by atoms with E-state index < -0.39 is 12.6 Å². The first-order chi connectivity index (χ1) is 19.1. The molecule has 0 bridgehead atoms. The van der Waals surface area contributed by atoms with Gasteiger partial charge in [-0.25, -0.2) is 14.8 Å². The highest BCUT2D eigenvalue weighted by molar-refractivity contribution is 5.96. The third-order valence-electron chi connectivity index (χ3n) is 6.39. The van der Waals surface area contributed by atoms with Gasteiger partial charge in [-0.05, 0) is 54.6 Å². The molecular formula is C28H22N4O7. The topological polar surface area (TPSA) is 132 Å². The van der Waals surface area contributed by atoms with Crippen LogP contribution in [0.5, 0.6) is 0 Å². The van der Waals surface area contributed by atoms with Crippen LogP contribution < -0.4 is 0 Å². The van der Waals surface area contributed by atoms with Crippen molar-refractivity contribution in [2.24, 2.45) is 0 Å². The molecule has 0 unspecified atom stereocenters. The van der Waals surface area contributed by atoms with Gasteiger partial charge in [-0.2, -0.15) is 0 Å². The zero-order valence-corrected chi connectivity index (χ0v) is 20.6. The monoisotopic (exact) mass is 526 g/mol. The molecule has 0 atom stereocenters. The Hall–Kier alpha value is -5.19. The molecule has 1 aliphatic rings. The predicted octanol–water partition coefficient (Wildman–Crippen LogP) is 3.88. The van der Waals surface area contributed by atoms with E-state index in [1.165, 1.54) is 12.5 Å². The van der Waals surface area contributed by atoms with Crippen LogP contribution >= 0.6 is 0 Å². The lowest BCUT2D eigenvalue weighted by Crippen LogP contribution is -2.51. The number of piperazine rings is 1. The number of carbonyl (C=O) groups is 3. The van der Waals surface area contributed by atoms with Crippen LogP contribution in [0.2, 0.25) is 0 Å². The lowest BCUT2D eigenvalue weighted by atomic mass is 10.1. The van der Waals surface area contributed by atoms with Gasteiger partial charge in [-0.1, -0.05) is 0 Å². The maximum Gasteiger partial charge on any atom is 0.338 e. The standard InChI is InChI=1S/C28H22N4O7/c33-24(31-9-11-32(12-10-31)27(34)23-6-3-15-38-23)17-39-28(35)18-7-8-19-20(16-18)30-26(22-5-2-14-37-22)25(29-19)21-4-1-13-36-21/h1-8,13-16H,9-12,17H2. The lowest BCUT2D eigenvalue weighted by Gasteiger charge is -2.34. The first kappa shape index (κ1) is 24.2. The fourth-order valence-corrected chi connectivity index (χ4v) is 4.37. The predicted molar refractivity (Wildman–Crippen MR) is 136 cm³/mol. The molecule has 5 heterocycles. The summed E-state index contributed by atoms with van der Waals surface area (Å²) in [4.78, 5) is 50.4. The molecule has 0 aliphatic carbocycles. The Balaban J connectivity index is 1.12. The molecule has 1 fully saturated rings. The van der Waals surface area contributed by atoms with Crippen LogP contribution in [0.3, 0.4) is 0 Å². The SMILES string of the molecule is O=C(OCC(=O)N1CCN(C(=O)c2ccco2)CC1)c1ccc2nc(-c3ccco3)c(-c3ccco3)nc2c1. The number of furan rings is 3. The van der Waals surface area contributed by atoms with Gasteiger partial charge in [-0.15, -0.1) is 0 Å². The number of hydrogen-bond donors (Lipinski definition) is 0. The number of rotatable bonds is 6. The largest absolute Gasteiger partial charge is 0.463 e. The van der Waals surface area contributed by atoms with Crippen LogP contribution in [0.4, 0.5) is 0 Å². The number of hydrogen-bond acceptors (Lipinski definition) is 9. The van der Waals surface area contributed by atoms with Crippen molar-refractivity contribution in [3.8, 4) is 22.9 Å². The van der Waals surface area contributed by atoms with E-state index in [1.807, 2.05) is 0 Å². The molecule has 196 valence electrons. The Bertz CT molecular complexity index is 1620. The van der Waals surface area contributed by atoms with Gasteiger partial charge in [0.2, 0.25) is 0 Å². The summed E-state index contributed by atoms with van der Waals surface area (Å²) in [6, 6.07) is 15.1. The van der Waals surface area contributed by atoms with Crippen LogP contribution in [0.25, 0.3) is 33.9 Å². The highest BCUT2D eigenvalue weighted by Gasteiger charge is 2.27. The van der Waals surface area contributed by atoms with E-state index in [4.69, 9.17) is 18.0 Å². The Morgan fingerprint density at radius 2 is 1.36 bits per heavy atom. The second kappa shape index (κ2) is 10.3. The summed E-state index contributed by atoms with van der Waals surface area (Å²) in [6.45, 7) is 0.981. The number of carbonyl (C=O) groups excluding carboxylic acids is 3. The van der Waals surface area contributed by atoms with Crippen molar-refractivity contribution in [1.82, 2.24) is 19.8 Å². The fraction of sp³-hybridized carbons (Fsp3) is 0.179. The van der Waals surface area contributed by atoms with Gasteiger partial charge in [0.15, 0.2) is 23.9 Å². The maximum atomic E-state index is 12.8. The molecular weight excluding hydrogens is 504 g/mol. The third-order valence-corrected chi connectivity index (χ3v) is 6.39. The van der Waals surface area contributed by atoms with Crippen molar-refractivity contribution in [1.29, 1.82) is 0 Å². The van der Waals surface area contributed by atoms with Gasteiger partial charge in [0.1, 0.15) is 11.4 Å². The molecule has 1 aromatic carbocycles. The normalized spacial score (nSPS) is 13.5. The number of amides is 2. The van der Waals surface area contributed by atoms with Crippen molar-refractivity contribution in [2.75, 3.05) is 32.8 Å². The zero-order chi connectivity index (χ0) is 26.8. The van der Waals surface area contributed by atoms with Crippen LogP contribution in [0.1, 0.15) is 20.9 Å². The number of fused-ring (bicyclic) bond motifs is 1. The molecule has 11 heteroatoms. The van der Waals surface area contributed by atoms with Gasteiger partial charge in [0, 0.05) is 26.2 Å². The first-order valence-electron chi connectivity index (χ1n) is 12.2. The molecule has 4 aromatic heterocycles. The van der Waals surface area contributed by atoms with E-state index in [1.54, 1.807) is 70.7 Å². The summed E-state index contributed by atoms with van der Waals surface area (Å²) in [6.07, 6.45) is 4.53. The number of esters is 1. The zero-order valence-electron chi connectivity index (χ0n) is 20.6. The molecule has 0 saturated carbocycles. The van der Waals surface area contributed by atoms with Crippen LogP contribution in [0.15, 0.2) is 86.6 Å². The number of benzene rings is 1. The molecule has 1 aliphatic heterocycles. The minimum atomic E-state index is -0.659. The molecule has 1 saturated heterocycles. The van der Waals surface area contributed by atoms with Crippen molar-refractivity contribution < 1.29 is 32.4 Å². The van der Waals surface area contributed by atoms with Crippen molar-refractivity contribution in [3.63, 3.8) is 0 Å². The van der Waals surface area contributed by atoms with Crippen molar-refractivity contribution in [2.45, 2.75) is 0 Å². The summed E-state index contributed by atoms with van der Waals surface area (Å²) in [7, 11) is 0. The second-order valence-electron chi connectivity index (χ2n) is 8.81. The molecule has 2 amide bonds. The molecule has 5 aromatic rings. The smallest absolute Gasteiger partial charge is 0.338 e. The van der Waals surface area contributed by atoms with Gasteiger partial charge < -0.3 is 27.8 Å². The maximum absolute atomic E-state index is 12.8. The average molecular weight is 527 g/mol. The molecule has 0 spiro atoms. The van der Waals surface area contributed by atoms with E-state index in [-0.39, 0.29) is 23.1 Å². The Morgan fingerprint density at radius 1 is 0.744 bits per heavy atom. The Kier molecular flexibility index (Phi) is 6.37. The Labute approximate surface area is 221 Å². The minimum absolute atomic E-state index is 0.218. The number of ether oxygens (including phenoxy) is 1. The molecule has 6 rings (SSSR count). The van der Waals surface area contributed by atoms with E-state index in [0.717, 1.165) is 0 Å². The molecule has 0 radical (unpaired) electrons. The van der Waals surface area contributed by atoms with Gasteiger partial charge >= 0.3 is 5.97 Å². The van der Waals surface area contributed by atoms with Gasteiger partial charge in [0.25, 0.3) is 11.8 Å². The molecule has 39 heavy (non-hydrogen) atoms. The number of aromatic nitrogens is 2. The number of nitrogens with zero attached hydrogens (tertiary/aromatic N) is 4. The highest BCUT2D eigenvalue weighted by Crippen LogP contribution is 2.31. The summed E-state index contributed by atoms with van der Waals surface area (Å²) in [5.74, 6) is 0.0801. The van der Waals surface area contributed by atoms with Crippen LogP contribution in [-0.4, -0.2) is 70.3 Å². The van der Waals surface area contributed by atoms with Crippen LogP contribution in [0, 0.1) is 0 Å². The van der Waals surface area contributed by atoms with Gasteiger partial charge in [0.05, 0.1) is 35.4 Å². The summed E-state index contributed by atoms with van der Waals surface area (Å²) in [5, 5.41) is 0. The van der Waals surface area contributed by atoms with E-state index in [9.17, 15) is 14.4 Å². The average Bonchev–Trinajstić information content (AvgIpc) is 3.78. The molecule has 11 nitrogen and oxygen atoms in total. The third kappa shape index (κ3) is 4.89. The highest BCUT2D eigenvalue weighted by atomic mass is 16.5. The Morgan fingerprint density at radius 3 is 1.97 bits per heavy atom. The lowest BCUT2D eigenvalue weighted by molar-refractivity contribution is -0.136. The minimum Gasteiger partial charge on any atom is -0.463 e. The van der Waals surface area contributed by atoms with E-state index >= 15 is 0 Å². The van der Waals surface area contributed by atoms with E-state index in [2.05, 4.69) is 9.97 Å².